The second kappa shape index (κ2) is 6.58. The fourth-order valence-corrected chi connectivity index (χ4v) is 3.28. The molecule has 1 aliphatic rings. The maximum atomic E-state index is 5.45. The predicted octanol–water partition coefficient (Wildman–Crippen LogP) is 3.78. The number of rotatable bonds is 4. The molecule has 0 radical (unpaired) electrons. The Morgan fingerprint density at radius 1 is 1.28 bits per heavy atom. The third-order valence-corrected chi connectivity index (χ3v) is 4.50. The van der Waals surface area contributed by atoms with Crippen LogP contribution in [0, 0.1) is 5.92 Å². The number of hydrogen-bond acceptors (Lipinski definition) is 2. The third-order valence-electron chi connectivity index (χ3n) is 4.01. The van der Waals surface area contributed by atoms with E-state index in [0.717, 1.165) is 28.6 Å². The molecular weight excluding hydrogens is 290 g/mol. The Hall–Kier alpha value is -0.540. The number of nitrogens with one attached hydrogen (secondary N) is 1. The Balaban J connectivity index is 1.99. The van der Waals surface area contributed by atoms with Crippen molar-refractivity contribution in [1.29, 1.82) is 0 Å². The number of ether oxygens (including phenoxy) is 1. The van der Waals surface area contributed by atoms with Gasteiger partial charge in [-0.25, -0.2) is 0 Å². The van der Waals surface area contributed by atoms with Crippen molar-refractivity contribution in [3.8, 4) is 5.75 Å². The molecule has 0 heterocycles. The second-order valence-electron chi connectivity index (χ2n) is 5.17. The van der Waals surface area contributed by atoms with E-state index in [1.165, 1.54) is 31.2 Å². The summed E-state index contributed by atoms with van der Waals surface area (Å²) >= 11 is 3.55. The van der Waals surface area contributed by atoms with Crippen LogP contribution in [-0.2, 0) is 6.42 Å². The van der Waals surface area contributed by atoms with Crippen molar-refractivity contribution in [2.75, 3.05) is 14.2 Å². The van der Waals surface area contributed by atoms with E-state index in [9.17, 15) is 0 Å². The first-order valence-electron chi connectivity index (χ1n) is 6.72. The van der Waals surface area contributed by atoms with Gasteiger partial charge in [-0.15, -0.1) is 0 Å². The molecule has 1 aromatic rings. The van der Waals surface area contributed by atoms with E-state index in [1.54, 1.807) is 7.11 Å². The Kier molecular flexibility index (Phi) is 5.07. The molecule has 0 spiro atoms. The van der Waals surface area contributed by atoms with Gasteiger partial charge in [-0.05, 0) is 68.8 Å². The van der Waals surface area contributed by atoms with Crippen molar-refractivity contribution in [1.82, 2.24) is 5.32 Å². The molecule has 0 amide bonds. The van der Waals surface area contributed by atoms with Gasteiger partial charge in [-0.1, -0.05) is 15.9 Å². The van der Waals surface area contributed by atoms with Crippen LogP contribution in [0.15, 0.2) is 22.7 Å². The topological polar surface area (TPSA) is 21.3 Å². The number of hydrogen-bond donors (Lipinski definition) is 1. The summed E-state index contributed by atoms with van der Waals surface area (Å²) in [5.74, 6) is 1.83. The monoisotopic (exact) mass is 311 g/mol. The summed E-state index contributed by atoms with van der Waals surface area (Å²) in [4.78, 5) is 0. The van der Waals surface area contributed by atoms with Crippen molar-refractivity contribution in [3.05, 3.63) is 28.2 Å². The molecule has 18 heavy (non-hydrogen) atoms. The molecule has 0 unspecified atom stereocenters. The zero-order chi connectivity index (χ0) is 13.0. The fourth-order valence-electron chi connectivity index (χ4n) is 2.87. The Morgan fingerprint density at radius 3 is 2.61 bits per heavy atom. The normalized spacial score (nSPS) is 23.9. The average molecular weight is 312 g/mol. The highest BCUT2D eigenvalue weighted by molar-refractivity contribution is 9.10. The van der Waals surface area contributed by atoms with E-state index in [1.807, 2.05) is 6.07 Å². The number of halogens is 1. The lowest BCUT2D eigenvalue weighted by Gasteiger charge is -2.28. The SMILES string of the molecule is CNC1CCC(Cc2cc(Br)ccc2OC)CC1. The molecule has 0 saturated heterocycles. The average Bonchev–Trinajstić information content (AvgIpc) is 2.40. The van der Waals surface area contributed by atoms with Crippen LogP contribution in [0.5, 0.6) is 5.75 Å². The summed E-state index contributed by atoms with van der Waals surface area (Å²) < 4.78 is 6.59. The summed E-state index contributed by atoms with van der Waals surface area (Å²) in [5, 5.41) is 3.39. The second-order valence-corrected chi connectivity index (χ2v) is 6.08. The van der Waals surface area contributed by atoms with E-state index in [-0.39, 0.29) is 0 Å². The van der Waals surface area contributed by atoms with Gasteiger partial charge in [0.15, 0.2) is 0 Å². The quantitative estimate of drug-likeness (QED) is 0.913. The lowest BCUT2D eigenvalue weighted by atomic mass is 9.82. The highest BCUT2D eigenvalue weighted by Crippen LogP contribution is 2.31. The smallest absolute Gasteiger partial charge is 0.122 e. The first kappa shape index (κ1) is 13.9. The largest absolute Gasteiger partial charge is 0.496 e. The lowest BCUT2D eigenvalue weighted by molar-refractivity contribution is 0.297. The Labute approximate surface area is 118 Å². The Bertz CT molecular complexity index is 386. The number of benzene rings is 1. The zero-order valence-corrected chi connectivity index (χ0v) is 12.8. The summed E-state index contributed by atoms with van der Waals surface area (Å²) in [7, 11) is 3.83. The molecule has 0 atom stereocenters. The fraction of sp³-hybridized carbons (Fsp3) is 0.600. The first-order chi connectivity index (χ1) is 8.72. The summed E-state index contributed by atoms with van der Waals surface area (Å²) in [6.07, 6.45) is 6.39. The van der Waals surface area contributed by atoms with Crippen LogP contribution in [-0.4, -0.2) is 20.2 Å². The summed E-state index contributed by atoms with van der Waals surface area (Å²) in [6, 6.07) is 7.02. The van der Waals surface area contributed by atoms with E-state index in [2.05, 4.69) is 40.4 Å². The van der Waals surface area contributed by atoms with Gasteiger partial charge in [0.1, 0.15) is 5.75 Å². The highest BCUT2D eigenvalue weighted by Gasteiger charge is 2.21. The molecular formula is C15H22BrNO. The molecule has 1 N–H and O–H groups in total. The molecule has 2 rings (SSSR count). The van der Waals surface area contributed by atoms with Crippen molar-refractivity contribution in [2.45, 2.75) is 38.1 Å². The minimum absolute atomic E-state index is 0.727. The third kappa shape index (κ3) is 3.48. The van der Waals surface area contributed by atoms with Crippen LogP contribution in [0.4, 0.5) is 0 Å². The minimum Gasteiger partial charge on any atom is -0.496 e. The Morgan fingerprint density at radius 2 is 2.00 bits per heavy atom. The summed E-state index contributed by atoms with van der Waals surface area (Å²) in [6.45, 7) is 0. The summed E-state index contributed by atoms with van der Waals surface area (Å²) in [5.41, 5.74) is 1.33. The van der Waals surface area contributed by atoms with Gasteiger partial charge in [-0.3, -0.25) is 0 Å². The maximum Gasteiger partial charge on any atom is 0.122 e. The molecule has 1 fully saturated rings. The highest BCUT2D eigenvalue weighted by atomic mass is 79.9. The van der Waals surface area contributed by atoms with E-state index in [4.69, 9.17) is 4.74 Å². The molecule has 0 aliphatic heterocycles. The van der Waals surface area contributed by atoms with Crippen LogP contribution in [0.1, 0.15) is 31.2 Å². The van der Waals surface area contributed by atoms with Crippen molar-refractivity contribution in [3.63, 3.8) is 0 Å². The van der Waals surface area contributed by atoms with Gasteiger partial charge in [0.05, 0.1) is 7.11 Å². The standard InChI is InChI=1S/C15H22BrNO/c1-17-14-6-3-11(4-7-14)9-12-10-13(16)5-8-15(12)18-2/h5,8,10-11,14,17H,3-4,6-7,9H2,1-2H3. The molecule has 2 nitrogen and oxygen atoms in total. The molecule has 1 saturated carbocycles. The van der Waals surface area contributed by atoms with Crippen molar-refractivity contribution >= 4 is 15.9 Å². The zero-order valence-electron chi connectivity index (χ0n) is 11.2. The van der Waals surface area contributed by atoms with Crippen LogP contribution in [0.25, 0.3) is 0 Å². The number of methoxy groups -OCH3 is 1. The lowest BCUT2D eigenvalue weighted by Crippen LogP contribution is -2.30. The van der Waals surface area contributed by atoms with Crippen molar-refractivity contribution < 1.29 is 4.74 Å². The van der Waals surface area contributed by atoms with Crippen LogP contribution in [0.2, 0.25) is 0 Å². The van der Waals surface area contributed by atoms with E-state index in [0.29, 0.717) is 0 Å². The van der Waals surface area contributed by atoms with Crippen LogP contribution < -0.4 is 10.1 Å². The molecule has 1 aliphatic carbocycles. The molecule has 100 valence electrons. The van der Waals surface area contributed by atoms with Gasteiger partial charge in [-0.2, -0.15) is 0 Å². The van der Waals surface area contributed by atoms with Gasteiger partial charge in [0.25, 0.3) is 0 Å². The molecule has 0 bridgehead atoms. The van der Waals surface area contributed by atoms with E-state index < -0.39 is 0 Å². The molecule has 3 heteroatoms. The van der Waals surface area contributed by atoms with Gasteiger partial charge < -0.3 is 10.1 Å². The van der Waals surface area contributed by atoms with Gasteiger partial charge >= 0.3 is 0 Å². The maximum absolute atomic E-state index is 5.45. The van der Waals surface area contributed by atoms with Gasteiger partial charge in [0.2, 0.25) is 0 Å². The predicted molar refractivity (Wildman–Crippen MR) is 79.2 cm³/mol. The first-order valence-corrected chi connectivity index (χ1v) is 7.52. The van der Waals surface area contributed by atoms with Crippen molar-refractivity contribution in [2.24, 2.45) is 5.92 Å². The van der Waals surface area contributed by atoms with Crippen LogP contribution >= 0.6 is 15.9 Å². The van der Waals surface area contributed by atoms with Gasteiger partial charge in [0, 0.05) is 10.5 Å². The minimum atomic E-state index is 0.727. The molecule has 1 aromatic carbocycles. The van der Waals surface area contributed by atoms with Crippen LogP contribution in [0.3, 0.4) is 0 Å². The molecule has 0 aromatic heterocycles. The van der Waals surface area contributed by atoms with E-state index >= 15 is 0 Å².